The van der Waals surface area contributed by atoms with Gasteiger partial charge in [0, 0.05) is 10.9 Å². The average Bonchev–Trinajstić information content (AvgIpc) is 2.36. The number of hydrogen-bond acceptors (Lipinski definition) is 4. The Labute approximate surface area is 112 Å². The van der Waals surface area contributed by atoms with Gasteiger partial charge in [0.25, 0.3) is 0 Å². The van der Waals surface area contributed by atoms with Crippen LogP contribution in [-0.2, 0) is 12.8 Å². The highest BCUT2D eigenvalue weighted by Crippen LogP contribution is 2.29. The SMILES string of the molecule is CC(C)Sc1nc2c(cc1C(N)=NO)CCCC2. The lowest BCUT2D eigenvalue weighted by molar-refractivity contribution is 0.318. The lowest BCUT2D eigenvalue weighted by Gasteiger charge is -2.18. The zero-order valence-electron chi connectivity index (χ0n) is 10.8. The van der Waals surface area contributed by atoms with E-state index in [1.54, 1.807) is 11.8 Å². The van der Waals surface area contributed by atoms with Crippen LogP contribution in [0.25, 0.3) is 0 Å². The van der Waals surface area contributed by atoms with Crippen molar-refractivity contribution in [2.75, 3.05) is 0 Å². The number of nitrogens with two attached hydrogens (primary N) is 1. The Morgan fingerprint density at radius 1 is 1.44 bits per heavy atom. The normalized spacial score (nSPS) is 15.8. The van der Waals surface area contributed by atoms with Crippen LogP contribution in [0.3, 0.4) is 0 Å². The number of aromatic nitrogens is 1. The van der Waals surface area contributed by atoms with Crippen LogP contribution in [0.15, 0.2) is 16.2 Å². The van der Waals surface area contributed by atoms with Crippen LogP contribution in [-0.4, -0.2) is 21.3 Å². The molecule has 1 aliphatic rings. The molecule has 4 nitrogen and oxygen atoms in total. The van der Waals surface area contributed by atoms with Gasteiger partial charge in [-0.2, -0.15) is 0 Å². The molecule has 18 heavy (non-hydrogen) atoms. The van der Waals surface area contributed by atoms with Gasteiger partial charge in [-0.3, -0.25) is 0 Å². The molecule has 1 aromatic rings. The Morgan fingerprint density at radius 2 is 2.17 bits per heavy atom. The second kappa shape index (κ2) is 5.61. The third kappa shape index (κ3) is 2.77. The summed E-state index contributed by atoms with van der Waals surface area (Å²) in [5, 5.41) is 13.3. The number of nitrogens with zero attached hydrogens (tertiary/aromatic N) is 2. The minimum absolute atomic E-state index is 0.152. The van der Waals surface area contributed by atoms with Gasteiger partial charge in [-0.25, -0.2) is 4.98 Å². The van der Waals surface area contributed by atoms with E-state index in [2.05, 4.69) is 19.0 Å². The Bertz CT molecular complexity index is 472. The molecule has 1 aliphatic carbocycles. The summed E-state index contributed by atoms with van der Waals surface area (Å²) in [6.07, 6.45) is 4.48. The summed E-state index contributed by atoms with van der Waals surface area (Å²) in [4.78, 5) is 4.71. The molecule has 1 aromatic heterocycles. The molecule has 3 N–H and O–H groups in total. The number of hydrogen-bond donors (Lipinski definition) is 2. The lowest BCUT2D eigenvalue weighted by atomic mass is 9.95. The van der Waals surface area contributed by atoms with E-state index in [1.165, 1.54) is 24.1 Å². The highest BCUT2D eigenvalue weighted by Gasteiger charge is 2.18. The molecule has 0 fully saturated rings. The van der Waals surface area contributed by atoms with E-state index >= 15 is 0 Å². The molecule has 0 saturated carbocycles. The third-order valence-corrected chi connectivity index (χ3v) is 4.00. The summed E-state index contributed by atoms with van der Waals surface area (Å²) >= 11 is 1.66. The first-order valence-corrected chi connectivity index (χ1v) is 7.17. The van der Waals surface area contributed by atoms with E-state index in [-0.39, 0.29) is 5.84 Å². The Balaban J connectivity index is 2.47. The van der Waals surface area contributed by atoms with Gasteiger partial charge in [-0.05, 0) is 37.3 Å². The molecule has 5 heteroatoms. The first-order valence-electron chi connectivity index (χ1n) is 6.29. The molecular formula is C13H19N3OS. The van der Waals surface area contributed by atoms with Crippen molar-refractivity contribution in [2.24, 2.45) is 10.9 Å². The molecular weight excluding hydrogens is 246 g/mol. The van der Waals surface area contributed by atoms with Crippen molar-refractivity contribution in [3.8, 4) is 0 Å². The number of rotatable bonds is 3. The minimum atomic E-state index is 0.152. The fourth-order valence-electron chi connectivity index (χ4n) is 2.17. The maximum absolute atomic E-state index is 8.88. The van der Waals surface area contributed by atoms with E-state index < -0.39 is 0 Å². The minimum Gasteiger partial charge on any atom is -0.409 e. The summed E-state index contributed by atoms with van der Waals surface area (Å²) in [6, 6.07) is 2.04. The molecule has 0 saturated heterocycles. The van der Waals surface area contributed by atoms with Crippen molar-refractivity contribution >= 4 is 17.6 Å². The predicted molar refractivity (Wildman–Crippen MR) is 74.4 cm³/mol. The lowest BCUT2D eigenvalue weighted by Crippen LogP contribution is -2.18. The molecule has 1 heterocycles. The largest absolute Gasteiger partial charge is 0.409 e. The van der Waals surface area contributed by atoms with E-state index in [1.807, 2.05) is 6.07 Å². The monoisotopic (exact) mass is 265 g/mol. The molecule has 0 aromatic carbocycles. The summed E-state index contributed by atoms with van der Waals surface area (Å²) in [7, 11) is 0. The standard InChI is InChI=1S/C13H19N3OS/c1-8(2)18-13-10(12(14)16-17)7-9-5-3-4-6-11(9)15-13/h7-8,17H,3-6H2,1-2H3,(H2,14,16). The fourth-order valence-corrected chi connectivity index (χ4v) is 3.07. The van der Waals surface area contributed by atoms with E-state index in [4.69, 9.17) is 15.9 Å². The van der Waals surface area contributed by atoms with Gasteiger partial charge in [0.15, 0.2) is 5.84 Å². The van der Waals surface area contributed by atoms with Crippen molar-refractivity contribution in [3.63, 3.8) is 0 Å². The van der Waals surface area contributed by atoms with Crippen LogP contribution < -0.4 is 5.73 Å². The van der Waals surface area contributed by atoms with Crippen LogP contribution in [0.5, 0.6) is 0 Å². The van der Waals surface area contributed by atoms with Crippen LogP contribution in [0.4, 0.5) is 0 Å². The van der Waals surface area contributed by atoms with Crippen LogP contribution in [0.2, 0.25) is 0 Å². The highest BCUT2D eigenvalue weighted by atomic mass is 32.2. The number of amidine groups is 1. The predicted octanol–water partition coefficient (Wildman–Crippen LogP) is 2.56. The Morgan fingerprint density at radius 3 is 2.83 bits per heavy atom. The van der Waals surface area contributed by atoms with Gasteiger partial charge in [0.2, 0.25) is 0 Å². The zero-order chi connectivity index (χ0) is 13.1. The van der Waals surface area contributed by atoms with E-state index in [0.717, 1.165) is 23.4 Å². The van der Waals surface area contributed by atoms with Crippen molar-refractivity contribution in [2.45, 2.75) is 49.8 Å². The molecule has 0 radical (unpaired) electrons. The Hall–Kier alpha value is -1.23. The highest BCUT2D eigenvalue weighted by molar-refractivity contribution is 7.99. The summed E-state index contributed by atoms with van der Waals surface area (Å²) < 4.78 is 0. The first kappa shape index (κ1) is 13.2. The maximum atomic E-state index is 8.88. The third-order valence-electron chi connectivity index (χ3n) is 3.00. The summed E-state index contributed by atoms with van der Waals surface area (Å²) in [5.41, 5.74) is 8.94. The van der Waals surface area contributed by atoms with Gasteiger partial charge in [0.1, 0.15) is 5.03 Å². The van der Waals surface area contributed by atoms with Crippen LogP contribution in [0.1, 0.15) is 43.5 Å². The van der Waals surface area contributed by atoms with Crippen molar-refractivity contribution in [3.05, 3.63) is 22.9 Å². The molecule has 2 rings (SSSR count). The van der Waals surface area contributed by atoms with Gasteiger partial charge >= 0.3 is 0 Å². The second-order valence-corrected chi connectivity index (χ2v) is 6.37. The fraction of sp³-hybridized carbons (Fsp3) is 0.538. The van der Waals surface area contributed by atoms with Gasteiger partial charge in [0.05, 0.1) is 5.56 Å². The molecule has 0 atom stereocenters. The molecule has 0 spiro atoms. The molecule has 98 valence electrons. The van der Waals surface area contributed by atoms with Crippen molar-refractivity contribution in [1.29, 1.82) is 0 Å². The summed E-state index contributed by atoms with van der Waals surface area (Å²) in [6.45, 7) is 4.23. The molecule has 0 amide bonds. The molecule has 0 aliphatic heterocycles. The zero-order valence-corrected chi connectivity index (χ0v) is 11.6. The van der Waals surface area contributed by atoms with Gasteiger partial charge in [-0.15, -0.1) is 11.8 Å². The Kier molecular flexibility index (Phi) is 4.11. The van der Waals surface area contributed by atoms with Gasteiger partial charge in [-0.1, -0.05) is 19.0 Å². The van der Waals surface area contributed by atoms with Gasteiger partial charge < -0.3 is 10.9 Å². The van der Waals surface area contributed by atoms with E-state index in [9.17, 15) is 0 Å². The van der Waals surface area contributed by atoms with Crippen LogP contribution in [0, 0.1) is 0 Å². The second-order valence-electron chi connectivity index (χ2n) is 4.81. The van der Waals surface area contributed by atoms with Crippen molar-refractivity contribution in [1.82, 2.24) is 4.98 Å². The number of aryl methyl sites for hydroxylation is 2. The maximum Gasteiger partial charge on any atom is 0.172 e. The number of pyridine rings is 1. The average molecular weight is 265 g/mol. The van der Waals surface area contributed by atoms with Crippen LogP contribution >= 0.6 is 11.8 Å². The van der Waals surface area contributed by atoms with Crippen molar-refractivity contribution < 1.29 is 5.21 Å². The first-order chi connectivity index (χ1) is 8.61. The smallest absolute Gasteiger partial charge is 0.172 e. The number of thioether (sulfide) groups is 1. The summed E-state index contributed by atoms with van der Waals surface area (Å²) in [5.74, 6) is 0.152. The number of oxime groups is 1. The number of fused-ring (bicyclic) bond motifs is 1. The van der Waals surface area contributed by atoms with E-state index in [0.29, 0.717) is 5.25 Å². The molecule has 0 unspecified atom stereocenters. The topological polar surface area (TPSA) is 71.5 Å². The molecule has 0 bridgehead atoms. The quantitative estimate of drug-likeness (QED) is 0.290.